The summed E-state index contributed by atoms with van der Waals surface area (Å²) in [5.74, 6) is 0.256. The maximum Gasteiger partial charge on any atom is 0.385 e. The zero-order chi connectivity index (χ0) is 19.2. The minimum absolute atomic E-state index is 0.00925. The molecule has 0 spiro atoms. The highest BCUT2D eigenvalue weighted by molar-refractivity contribution is 7.99. The van der Waals surface area contributed by atoms with E-state index in [0.29, 0.717) is 0 Å². The molecule has 138 valence electrons. The Balaban J connectivity index is 1.56. The van der Waals surface area contributed by atoms with Crippen molar-refractivity contribution in [2.75, 3.05) is 10.7 Å². The number of hydrogen-bond donors (Lipinski definition) is 1. The van der Waals surface area contributed by atoms with Crippen molar-refractivity contribution in [3.05, 3.63) is 97.3 Å². The molecular formula is C22H19N4OS+. The summed E-state index contributed by atoms with van der Waals surface area (Å²) in [5.41, 5.74) is 2.66. The smallest absolute Gasteiger partial charge is 0.280 e. The molecular weight excluding hydrogens is 368 g/mol. The molecule has 0 unspecified atom stereocenters. The van der Waals surface area contributed by atoms with Crippen molar-refractivity contribution in [3.8, 4) is 5.69 Å². The van der Waals surface area contributed by atoms with Crippen LogP contribution in [0.2, 0.25) is 0 Å². The summed E-state index contributed by atoms with van der Waals surface area (Å²) in [6.45, 7) is 0. The van der Waals surface area contributed by atoms with E-state index in [2.05, 4.69) is 10.1 Å². The Hall–Kier alpha value is -3.38. The summed E-state index contributed by atoms with van der Waals surface area (Å²) >= 11 is 1.40. The van der Waals surface area contributed by atoms with Gasteiger partial charge in [0.05, 0.1) is 5.75 Å². The van der Waals surface area contributed by atoms with E-state index in [1.54, 1.807) is 11.2 Å². The topological polar surface area (TPSA) is 52.9 Å². The van der Waals surface area contributed by atoms with Crippen LogP contribution < -0.4 is 9.58 Å². The number of para-hydroxylation sites is 3. The van der Waals surface area contributed by atoms with E-state index in [-0.39, 0.29) is 11.7 Å². The summed E-state index contributed by atoms with van der Waals surface area (Å²) in [6.07, 6.45) is 1.63. The molecule has 0 fully saturated rings. The highest BCUT2D eigenvalue weighted by Crippen LogP contribution is 2.26. The van der Waals surface area contributed by atoms with E-state index >= 15 is 0 Å². The molecule has 0 atom stereocenters. The fraction of sp³-hybridized carbons (Fsp3) is 0.0455. The van der Waals surface area contributed by atoms with Crippen LogP contribution in [0, 0.1) is 0 Å². The highest BCUT2D eigenvalue weighted by atomic mass is 32.2. The standard InChI is InChI=1S/C22H18N4OS/c27-21(16-28-22-23-17-24-26(22)20-14-8-3-9-15-20)25(18-10-4-1-5-11-18)19-12-6-2-7-13-19/h1-15,17H,16H2/p+1. The number of amides is 1. The number of aromatic amines is 1. The molecule has 0 radical (unpaired) electrons. The average Bonchev–Trinajstić information content (AvgIpc) is 3.23. The van der Waals surface area contributed by atoms with Gasteiger partial charge in [-0.25, -0.2) is 0 Å². The molecule has 4 rings (SSSR count). The van der Waals surface area contributed by atoms with Gasteiger partial charge in [0.1, 0.15) is 0 Å². The van der Waals surface area contributed by atoms with Crippen LogP contribution >= 0.6 is 11.8 Å². The zero-order valence-corrected chi connectivity index (χ0v) is 15.9. The number of nitrogens with one attached hydrogen (secondary N) is 1. The molecule has 6 heteroatoms. The first-order valence-electron chi connectivity index (χ1n) is 8.89. The third-order valence-corrected chi connectivity index (χ3v) is 5.11. The molecule has 1 aromatic heterocycles. The van der Waals surface area contributed by atoms with E-state index in [4.69, 9.17) is 0 Å². The lowest BCUT2D eigenvalue weighted by Crippen LogP contribution is -2.35. The number of rotatable bonds is 6. The quantitative estimate of drug-likeness (QED) is 0.400. The number of aromatic nitrogens is 3. The number of benzene rings is 3. The van der Waals surface area contributed by atoms with Gasteiger partial charge in [0.2, 0.25) is 12.2 Å². The summed E-state index contributed by atoms with van der Waals surface area (Å²) in [5, 5.41) is 3.83. The number of carbonyl (C=O) groups excluding carboxylic acids is 1. The lowest BCUT2D eigenvalue weighted by atomic mass is 10.2. The van der Waals surface area contributed by atoms with Crippen molar-refractivity contribution in [3.63, 3.8) is 0 Å². The molecule has 3 aromatic carbocycles. The van der Waals surface area contributed by atoms with Crippen LogP contribution in [-0.2, 0) is 4.79 Å². The zero-order valence-electron chi connectivity index (χ0n) is 15.1. The van der Waals surface area contributed by atoms with Gasteiger partial charge in [-0.3, -0.25) is 9.69 Å². The first-order chi connectivity index (χ1) is 13.8. The minimum atomic E-state index is -0.00925. The van der Waals surface area contributed by atoms with Crippen LogP contribution in [0.5, 0.6) is 0 Å². The van der Waals surface area contributed by atoms with Gasteiger partial charge < -0.3 is 0 Å². The first kappa shape index (κ1) is 18.0. The van der Waals surface area contributed by atoms with Crippen molar-refractivity contribution in [2.24, 2.45) is 0 Å². The highest BCUT2D eigenvalue weighted by Gasteiger charge is 2.23. The van der Waals surface area contributed by atoms with Gasteiger partial charge in [0.15, 0.2) is 5.69 Å². The van der Waals surface area contributed by atoms with Gasteiger partial charge in [0, 0.05) is 11.4 Å². The molecule has 5 nitrogen and oxygen atoms in total. The maximum atomic E-state index is 13.1. The monoisotopic (exact) mass is 387 g/mol. The van der Waals surface area contributed by atoms with Crippen molar-refractivity contribution >= 4 is 29.0 Å². The number of hydrogen-bond acceptors (Lipinski definition) is 3. The van der Waals surface area contributed by atoms with Gasteiger partial charge in [-0.2, -0.15) is 5.10 Å². The van der Waals surface area contributed by atoms with Crippen LogP contribution in [0.4, 0.5) is 11.4 Å². The molecule has 0 saturated heterocycles. The average molecular weight is 387 g/mol. The van der Waals surface area contributed by atoms with Gasteiger partial charge >= 0.3 is 5.16 Å². The van der Waals surface area contributed by atoms with Gasteiger partial charge in [0.25, 0.3) is 0 Å². The number of nitrogens with zero attached hydrogens (tertiary/aromatic N) is 3. The lowest BCUT2D eigenvalue weighted by molar-refractivity contribution is -0.694. The molecule has 1 heterocycles. The van der Waals surface area contributed by atoms with Gasteiger partial charge in [-0.1, -0.05) is 54.6 Å². The third-order valence-electron chi connectivity index (χ3n) is 4.17. The second-order valence-corrected chi connectivity index (χ2v) is 6.97. The lowest BCUT2D eigenvalue weighted by Gasteiger charge is -2.22. The molecule has 1 amide bonds. The molecule has 1 N–H and O–H groups in total. The van der Waals surface area contributed by atoms with E-state index in [9.17, 15) is 4.79 Å². The fourth-order valence-electron chi connectivity index (χ4n) is 2.90. The maximum absolute atomic E-state index is 13.1. The Morgan fingerprint density at radius 2 is 1.39 bits per heavy atom. The molecule has 0 bridgehead atoms. The first-order valence-corrected chi connectivity index (χ1v) is 9.88. The largest absolute Gasteiger partial charge is 0.385 e. The summed E-state index contributed by atoms with van der Waals surface area (Å²) in [7, 11) is 0. The number of carbonyl (C=O) groups is 1. The van der Waals surface area contributed by atoms with Crippen molar-refractivity contribution in [1.29, 1.82) is 0 Å². The second-order valence-electron chi connectivity index (χ2n) is 6.03. The molecule has 0 aliphatic rings. The number of thioether (sulfide) groups is 1. The summed E-state index contributed by atoms with van der Waals surface area (Å²) < 4.78 is 1.87. The summed E-state index contributed by atoms with van der Waals surface area (Å²) in [6, 6.07) is 29.3. The van der Waals surface area contributed by atoms with E-state index < -0.39 is 0 Å². The van der Waals surface area contributed by atoms with Crippen molar-refractivity contribution in [2.45, 2.75) is 5.16 Å². The molecule has 28 heavy (non-hydrogen) atoms. The van der Waals surface area contributed by atoms with Crippen molar-refractivity contribution < 1.29 is 9.48 Å². The normalized spacial score (nSPS) is 10.6. The fourth-order valence-corrected chi connectivity index (χ4v) is 3.70. The third kappa shape index (κ3) is 3.97. The van der Waals surface area contributed by atoms with Gasteiger partial charge in [-0.05, 0) is 53.1 Å². The molecule has 4 aromatic rings. The molecule has 0 aliphatic carbocycles. The Kier molecular flexibility index (Phi) is 5.49. The molecule has 0 aliphatic heterocycles. The van der Waals surface area contributed by atoms with Crippen LogP contribution in [0.1, 0.15) is 0 Å². The Morgan fingerprint density at radius 1 is 0.857 bits per heavy atom. The van der Waals surface area contributed by atoms with Crippen LogP contribution in [-0.4, -0.2) is 21.7 Å². The summed E-state index contributed by atoms with van der Waals surface area (Å²) in [4.78, 5) is 19.3. The Morgan fingerprint density at radius 3 is 1.96 bits per heavy atom. The predicted octanol–water partition coefficient (Wildman–Crippen LogP) is 4.14. The van der Waals surface area contributed by atoms with Crippen LogP contribution in [0.3, 0.4) is 0 Å². The van der Waals surface area contributed by atoms with E-state index in [1.165, 1.54) is 11.8 Å². The van der Waals surface area contributed by atoms with Gasteiger partial charge in [-0.15, -0.1) is 4.68 Å². The van der Waals surface area contributed by atoms with Crippen LogP contribution in [0.15, 0.2) is 102 Å². The predicted molar refractivity (Wildman–Crippen MR) is 111 cm³/mol. The Bertz CT molecular complexity index is 996. The Labute approximate surface area is 167 Å². The van der Waals surface area contributed by atoms with E-state index in [1.807, 2.05) is 95.7 Å². The van der Waals surface area contributed by atoms with E-state index in [0.717, 1.165) is 22.2 Å². The molecule has 0 saturated carbocycles. The van der Waals surface area contributed by atoms with Crippen LogP contribution in [0.25, 0.3) is 5.69 Å². The second kappa shape index (κ2) is 8.54. The number of H-pyrrole nitrogens is 1. The minimum Gasteiger partial charge on any atom is -0.280 e. The number of anilines is 2. The SMILES string of the molecule is O=C(CSc1nc[nH][n+]1-c1ccccc1)N(c1ccccc1)c1ccccc1. The van der Waals surface area contributed by atoms with Crippen molar-refractivity contribution in [1.82, 2.24) is 10.1 Å².